The molecule has 0 unspecified atom stereocenters. The second-order valence-electron chi connectivity index (χ2n) is 6.38. The van der Waals surface area contributed by atoms with Crippen molar-refractivity contribution in [2.24, 2.45) is 0 Å². The van der Waals surface area contributed by atoms with Crippen molar-refractivity contribution < 1.29 is 24.6 Å². The zero-order valence-corrected chi connectivity index (χ0v) is 16.7. The van der Waals surface area contributed by atoms with Gasteiger partial charge in [0.2, 0.25) is 5.91 Å². The Morgan fingerprint density at radius 1 is 1.10 bits per heavy atom. The van der Waals surface area contributed by atoms with E-state index in [0.717, 1.165) is 0 Å². The average molecular weight is 435 g/mol. The van der Waals surface area contributed by atoms with E-state index in [-0.39, 0.29) is 23.1 Å². The third-order valence-corrected chi connectivity index (χ3v) is 5.03. The van der Waals surface area contributed by atoms with Gasteiger partial charge in [0.05, 0.1) is 17.0 Å². The minimum absolute atomic E-state index is 0.0574. The number of nitrogens with zero attached hydrogens (tertiary/aromatic N) is 1. The molecule has 3 N–H and O–H groups in total. The van der Waals surface area contributed by atoms with Gasteiger partial charge in [-0.1, -0.05) is 23.2 Å². The largest absolute Gasteiger partial charge is 0.506 e. The lowest BCUT2D eigenvalue weighted by Crippen LogP contribution is -2.30. The number of carbonyl (C=O) groups excluding carboxylic acids is 2. The van der Waals surface area contributed by atoms with Crippen molar-refractivity contribution >= 4 is 51.9 Å². The second-order valence-corrected chi connectivity index (χ2v) is 7.22. The monoisotopic (exact) mass is 434 g/mol. The molecule has 0 aliphatic carbocycles. The quantitative estimate of drug-likeness (QED) is 0.570. The number of hydrogen-bond acceptors (Lipinski definition) is 4. The topological polar surface area (TPSA) is 109 Å². The number of halogens is 2. The predicted octanol–water partition coefficient (Wildman–Crippen LogP) is 3.39. The van der Waals surface area contributed by atoms with E-state index < -0.39 is 18.4 Å². The molecule has 0 fully saturated rings. The van der Waals surface area contributed by atoms with Crippen molar-refractivity contribution in [2.45, 2.75) is 13.3 Å². The lowest BCUT2D eigenvalue weighted by molar-refractivity contribution is -0.137. The Morgan fingerprint density at radius 3 is 2.38 bits per heavy atom. The third kappa shape index (κ3) is 4.21. The highest BCUT2D eigenvalue weighted by Gasteiger charge is 2.23. The molecule has 0 aliphatic heterocycles. The predicted molar refractivity (Wildman–Crippen MR) is 109 cm³/mol. The Labute approximate surface area is 175 Å². The summed E-state index contributed by atoms with van der Waals surface area (Å²) in [7, 11) is 0. The Hall–Kier alpha value is -3.03. The molecule has 0 aliphatic rings. The van der Waals surface area contributed by atoms with Crippen LogP contribution in [0.5, 0.6) is 5.75 Å². The molecule has 1 heterocycles. The van der Waals surface area contributed by atoms with Crippen LogP contribution >= 0.6 is 23.2 Å². The number of nitrogens with one attached hydrogen (secondary N) is 1. The zero-order valence-electron chi connectivity index (χ0n) is 15.2. The third-order valence-electron chi connectivity index (χ3n) is 4.47. The number of aliphatic carboxylic acids is 1. The first-order valence-corrected chi connectivity index (χ1v) is 9.25. The number of benzene rings is 2. The van der Waals surface area contributed by atoms with Crippen LogP contribution in [-0.2, 0) is 16.0 Å². The minimum Gasteiger partial charge on any atom is -0.506 e. The number of phenolic OH excluding ortho intramolecular Hbond substituents is 1. The molecule has 3 rings (SSSR count). The molecule has 7 nitrogen and oxygen atoms in total. The molecule has 29 heavy (non-hydrogen) atoms. The van der Waals surface area contributed by atoms with Crippen molar-refractivity contribution in [2.75, 3.05) is 6.54 Å². The number of amides is 1. The van der Waals surface area contributed by atoms with Crippen LogP contribution in [0.25, 0.3) is 10.9 Å². The van der Waals surface area contributed by atoms with Crippen LogP contribution in [-0.4, -0.2) is 39.1 Å². The van der Waals surface area contributed by atoms with Crippen LogP contribution in [0.3, 0.4) is 0 Å². The Morgan fingerprint density at radius 2 is 1.76 bits per heavy atom. The first-order valence-electron chi connectivity index (χ1n) is 8.50. The summed E-state index contributed by atoms with van der Waals surface area (Å²) in [5.74, 6) is -2.24. The van der Waals surface area contributed by atoms with Gasteiger partial charge in [-0.05, 0) is 48.9 Å². The molecule has 3 aromatic rings. The van der Waals surface area contributed by atoms with Gasteiger partial charge in [0.1, 0.15) is 12.3 Å². The summed E-state index contributed by atoms with van der Waals surface area (Å²) in [6.07, 6.45) is -0.169. The van der Waals surface area contributed by atoms with Crippen molar-refractivity contribution in [3.63, 3.8) is 0 Å². The highest BCUT2D eigenvalue weighted by Crippen LogP contribution is 2.35. The molecule has 0 radical (unpaired) electrons. The fraction of sp³-hybridized carbons (Fsp3) is 0.150. The zero-order chi connectivity index (χ0) is 21.3. The van der Waals surface area contributed by atoms with Gasteiger partial charge in [-0.3, -0.25) is 19.0 Å². The maximum atomic E-state index is 13.1. The molecule has 1 aromatic heterocycles. The number of rotatable bonds is 5. The fourth-order valence-electron chi connectivity index (χ4n) is 3.09. The fourth-order valence-corrected chi connectivity index (χ4v) is 3.38. The van der Waals surface area contributed by atoms with E-state index in [4.69, 9.17) is 28.3 Å². The summed E-state index contributed by atoms with van der Waals surface area (Å²) in [6, 6.07) is 9.18. The number of carboxylic acid groups (broad SMARTS) is 1. The van der Waals surface area contributed by atoms with Crippen molar-refractivity contribution in [1.82, 2.24) is 9.88 Å². The van der Waals surface area contributed by atoms with Gasteiger partial charge in [0, 0.05) is 21.7 Å². The molecular weight excluding hydrogens is 419 g/mol. The molecule has 0 bridgehead atoms. The van der Waals surface area contributed by atoms with Gasteiger partial charge < -0.3 is 15.5 Å². The molecular formula is C20H16Cl2N2O5. The molecule has 0 saturated heterocycles. The van der Waals surface area contributed by atoms with E-state index in [9.17, 15) is 19.5 Å². The van der Waals surface area contributed by atoms with Crippen molar-refractivity contribution in [1.29, 1.82) is 0 Å². The van der Waals surface area contributed by atoms with Crippen LogP contribution in [0.1, 0.15) is 21.6 Å². The first-order chi connectivity index (χ1) is 13.7. The molecule has 0 atom stereocenters. The van der Waals surface area contributed by atoms with Gasteiger partial charge in [-0.2, -0.15) is 0 Å². The smallest absolute Gasteiger partial charge is 0.322 e. The summed E-state index contributed by atoms with van der Waals surface area (Å²) >= 11 is 11.9. The van der Waals surface area contributed by atoms with Crippen molar-refractivity contribution in [3.05, 3.63) is 63.3 Å². The van der Waals surface area contributed by atoms with Crippen molar-refractivity contribution in [3.8, 4) is 5.75 Å². The lowest BCUT2D eigenvalue weighted by atomic mass is 10.1. The molecule has 9 heteroatoms. The Kier molecular flexibility index (Phi) is 5.81. The summed E-state index contributed by atoms with van der Waals surface area (Å²) in [4.78, 5) is 36.0. The Bertz CT molecular complexity index is 1140. The van der Waals surface area contributed by atoms with E-state index in [2.05, 4.69) is 5.32 Å². The van der Waals surface area contributed by atoms with E-state index in [1.807, 2.05) is 0 Å². The number of hydrogen-bond donors (Lipinski definition) is 3. The normalized spacial score (nSPS) is 10.9. The van der Waals surface area contributed by atoms with Crippen LogP contribution in [0.15, 0.2) is 36.4 Å². The van der Waals surface area contributed by atoms with Gasteiger partial charge in [0.25, 0.3) is 5.91 Å². The highest BCUT2D eigenvalue weighted by molar-refractivity contribution is 6.33. The summed E-state index contributed by atoms with van der Waals surface area (Å²) in [5.41, 5.74) is 1.76. The van der Waals surface area contributed by atoms with Crippen LogP contribution in [0.4, 0.5) is 0 Å². The van der Waals surface area contributed by atoms with E-state index in [1.165, 1.54) is 16.7 Å². The number of aromatic hydroxyl groups is 1. The van der Waals surface area contributed by atoms with Crippen LogP contribution in [0, 0.1) is 6.92 Å². The molecule has 150 valence electrons. The highest BCUT2D eigenvalue weighted by atomic mass is 35.5. The Balaban J connectivity index is 2.12. The average Bonchev–Trinajstić information content (AvgIpc) is 2.91. The van der Waals surface area contributed by atoms with Crippen LogP contribution in [0.2, 0.25) is 10.0 Å². The number of carboxylic acids is 1. The number of aromatic nitrogens is 1. The lowest BCUT2D eigenvalue weighted by Gasteiger charge is -2.08. The molecule has 0 saturated carbocycles. The van der Waals surface area contributed by atoms with Gasteiger partial charge in [0.15, 0.2) is 0 Å². The maximum absolute atomic E-state index is 13.1. The molecule has 2 aromatic carbocycles. The minimum atomic E-state index is -1.17. The second kappa shape index (κ2) is 8.14. The van der Waals surface area contributed by atoms with Crippen LogP contribution < -0.4 is 5.32 Å². The number of phenols is 1. The number of fused-ring (bicyclic) bond motifs is 1. The van der Waals surface area contributed by atoms with Gasteiger partial charge in [-0.25, -0.2) is 0 Å². The van der Waals surface area contributed by atoms with E-state index in [1.54, 1.807) is 31.2 Å². The van der Waals surface area contributed by atoms with Gasteiger partial charge >= 0.3 is 5.97 Å². The van der Waals surface area contributed by atoms with E-state index in [0.29, 0.717) is 32.7 Å². The first kappa shape index (κ1) is 20.7. The summed E-state index contributed by atoms with van der Waals surface area (Å²) in [5, 5.41) is 22.0. The van der Waals surface area contributed by atoms with Gasteiger partial charge in [-0.15, -0.1) is 0 Å². The molecule has 1 amide bonds. The number of carbonyl (C=O) groups is 3. The van der Waals surface area contributed by atoms with E-state index >= 15 is 0 Å². The molecule has 0 spiro atoms. The standard InChI is InChI=1S/C20H16Cl2N2O5/c1-10-13(7-18(26)23-9-19(27)28)14-6-17(25)15(22)8-16(14)24(10)20(29)11-2-4-12(21)5-3-11/h2-6,8,25H,7,9H2,1H3,(H,23,26)(H,27,28). The SMILES string of the molecule is Cc1c(CC(=O)NCC(=O)O)c2cc(O)c(Cl)cc2n1C(=O)c1ccc(Cl)cc1. The summed E-state index contributed by atoms with van der Waals surface area (Å²) in [6.45, 7) is 1.15. The maximum Gasteiger partial charge on any atom is 0.322 e. The summed E-state index contributed by atoms with van der Waals surface area (Å²) < 4.78 is 1.41.